The van der Waals surface area contributed by atoms with Gasteiger partial charge in [0.05, 0.1) is 22.5 Å². The molecular formula is C12H14ClN3O. The number of nitrogens with zero attached hydrogens (tertiary/aromatic N) is 3. The Balaban J connectivity index is 2.54. The Morgan fingerprint density at radius 1 is 1.29 bits per heavy atom. The number of aryl methyl sites for hydroxylation is 1. The van der Waals surface area contributed by atoms with Crippen molar-refractivity contribution in [3.8, 4) is 11.5 Å². The maximum Gasteiger partial charge on any atom is 0.229 e. The van der Waals surface area contributed by atoms with Crippen LogP contribution >= 0.6 is 11.6 Å². The Kier molecular flexibility index (Phi) is 3.33. The number of hydrogen-bond acceptors (Lipinski definition) is 4. The molecule has 2 aromatic rings. The van der Waals surface area contributed by atoms with Gasteiger partial charge in [0.15, 0.2) is 0 Å². The number of aromatic nitrogens is 2. The molecule has 0 amide bonds. The molecule has 5 heteroatoms. The molecule has 0 aliphatic heterocycles. The lowest BCUT2D eigenvalue weighted by Gasteiger charge is -2.16. The van der Waals surface area contributed by atoms with E-state index < -0.39 is 0 Å². The maximum atomic E-state index is 6.14. The van der Waals surface area contributed by atoms with E-state index in [4.69, 9.17) is 16.0 Å². The molecule has 0 saturated carbocycles. The van der Waals surface area contributed by atoms with E-state index in [1.165, 1.54) is 0 Å². The van der Waals surface area contributed by atoms with Crippen LogP contribution in [-0.2, 0) is 6.42 Å². The lowest BCUT2D eigenvalue weighted by molar-refractivity contribution is 0.524. The van der Waals surface area contributed by atoms with Crippen molar-refractivity contribution in [2.24, 2.45) is 0 Å². The smallest absolute Gasteiger partial charge is 0.229 e. The number of rotatable bonds is 3. The van der Waals surface area contributed by atoms with Crippen molar-refractivity contribution in [1.82, 2.24) is 9.97 Å². The molecule has 0 radical (unpaired) electrons. The predicted octanol–water partition coefficient (Wildman–Crippen LogP) is 3.02. The molecule has 90 valence electrons. The number of halogens is 1. The van der Waals surface area contributed by atoms with E-state index in [-0.39, 0.29) is 0 Å². The van der Waals surface area contributed by atoms with E-state index in [9.17, 15) is 0 Å². The largest absolute Gasteiger partial charge is 0.441 e. The van der Waals surface area contributed by atoms with Gasteiger partial charge in [-0.15, -0.1) is 0 Å². The quantitative estimate of drug-likeness (QED) is 0.841. The van der Waals surface area contributed by atoms with Gasteiger partial charge < -0.3 is 9.32 Å². The zero-order valence-corrected chi connectivity index (χ0v) is 10.8. The number of oxazole rings is 1. The molecule has 0 saturated heterocycles. The molecule has 0 fully saturated rings. The highest BCUT2D eigenvalue weighted by Gasteiger charge is 2.15. The summed E-state index contributed by atoms with van der Waals surface area (Å²) < 4.78 is 5.63. The summed E-state index contributed by atoms with van der Waals surface area (Å²) in [7, 11) is 3.85. The highest BCUT2D eigenvalue weighted by Crippen LogP contribution is 2.34. The molecule has 0 unspecified atom stereocenters. The molecule has 2 aromatic heterocycles. The van der Waals surface area contributed by atoms with E-state index in [1.54, 1.807) is 18.6 Å². The van der Waals surface area contributed by atoms with Crippen molar-refractivity contribution in [3.05, 3.63) is 29.4 Å². The summed E-state index contributed by atoms with van der Waals surface area (Å²) in [5, 5.41) is 0.587. The minimum Gasteiger partial charge on any atom is -0.441 e. The number of anilines is 1. The van der Waals surface area contributed by atoms with Crippen LogP contribution in [0.15, 0.2) is 23.0 Å². The Morgan fingerprint density at radius 2 is 2.06 bits per heavy atom. The molecule has 4 nitrogen and oxygen atoms in total. The second kappa shape index (κ2) is 4.75. The molecule has 0 atom stereocenters. The van der Waals surface area contributed by atoms with Gasteiger partial charge in [-0.25, -0.2) is 4.98 Å². The summed E-state index contributed by atoms with van der Waals surface area (Å²) in [5.41, 5.74) is 1.67. The Hall–Kier alpha value is -1.55. The van der Waals surface area contributed by atoms with E-state index >= 15 is 0 Å². The lowest BCUT2D eigenvalue weighted by Crippen LogP contribution is -2.11. The van der Waals surface area contributed by atoms with Crippen LogP contribution in [0.1, 0.15) is 12.7 Å². The fourth-order valence-electron chi connectivity index (χ4n) is 1.63. The molecule has 0 aromatic carbocycles. The van der Waals surface area contributed by atoms with Crippen LogP contribution in [0.5, 0.6) is 0 Å². The van der Waals surface area contributed by atoms with Crippen LogP contribution in [0, 0.1) is 0 Å². The summed E-state index contributed by atoms with van der Waals surface area (Å²) in [4.78, 5) is 10.3. The Bertz CT molecular complexity index is 522. The first-order valence-corrected chi connectivity index (χ1v) is 5.77. The summed E-state index contributed by atoms with van der Waals surface area (Å²) in [6.07, 6.45) is 5.88. The fraction of sp³-hybridized carbons (Fsp3) is 0.333. The monoisotopic (exact) mass is 251 g/mol. The highest BCUT2D eigenvalue weighted by atomic mass is 35.5. The minimum absolute atomic E-state index is 0.556. The molecule has 0 spiro atoms. The fourth-order valence-corrected chi connectivity index (χ4v) is 1.96. The summed E-state index contributed by atoms with van der Waals surface area (Å²) in [5.74, 6) is 1.41. The molecule has 0 N–H and O–H groups in total. The topological polar surface area (TPSA) is 42.2 Å². The van der Waals surface area contributed by atoms with Gasteiger partial charge in [0.1, 0.15) is 5.76 Å². The third-order valence-electron chi connectivity index (χ3n) is 2.45. The summed E-state index contributed by atoms with van der Waals surface area (Å²) in [6.45, 7) is 2.02. The van der Waals surface area contributed by atoms with E-state index in [2.05, 4.69) is 9.97 Å². The van der Waals surface area contributed by atoms with Gasteiger partial charge in [0.25, 0.3) is 0 Å². The van der Waals surface area contributed by atoms with E-state index in [1.807, 2.05) is 25.9 Å². The third-order valence-corrected chi connectivity index (χ3v) is 2.73. The Morgan fingerprint density at radius 3 is 2.65 bits per heavy atom. The molecule has 0 aliphatic carbocycles. The second-order valence-corrected chi connectivity index (χ2v) is 4.30. The van der Waals surface area contributed by atoms with Crippen LogP contribution in [0.25, 0.3) is 11.5 Å². The second-order valence-electron chi connectivity index (χ2n) is 3.90. The minimum atomic E-state index is 0.556. The van der Waals surface area contributed by atoms with Crippen molar-refractivity contribution >= 4 is 17.3 Å². The molecule has 2 heterocycles. The van der Waals surface area contributed by atoms with Gasteiger partial charge >= 0.3 is 0 Å². The molecular weight excluding hydrogens is 238 g/mol. The van der Waals surface area contributed by atoms with Crippen LogP contribution < -0.4 is 4.90 Å². The average molecular weight is 252 g/mol. The van der Waals surface area contributed by atoms with Crippen molar-refractivity contribution in [2.75, 3.05) is 19.0 Å². The molecule has 0 bridgehead atoms. The maximum absolute atomic E-state index is 6.14. The standard InChI is InChI=1S/C12H14ClN3O/c1-4-8-5-15-12(17-8)9-6-14-7-10(13)11(9)16(2)3/h5-7H,4H2,1-3H3. The molecule has 0 aliphatic rings. The van der Waals surface area contributed by atoms with Crippen LogP contribution in [0.4, 0.5) is 5.69 Å². The van der Waals surface area contributed by atoms with Crippen molar-refractivity contribution in [3.63, 3.8) is 0 Å². The van der Waals surface area contributed by atoms with Gasteiger partial charge in [-0.3, -0.25) is 4.98 Å². The summed E-state index contributed by atoms with van der Waals surface area (Å²) >= 11 is 6.14. The lowest BCUT2D eigenvalue weighted by atomic mass is 10.2. The van der Waals surface area contributed by atoms with E-state index in [0.29, 0.717) is 10.9 Å². The van der Waals surface area contributed by atoms with Gasteiger partial charge in [-0.2, -0.15) is 0 Å². The van der Waals surface area contributed by atoms with Crippen LogP contribution in [0.3, 0.4) is 0 Å². The summed E-state index contributed by atoms with van der Waals surface area (Å²) in [6, 6.07) is 0. The van der Waals surface area contributed by atoms with E-state index in [0.717, 1.165) is 23.4 Å². The average Bonchev–Trinajstić information content (AvgIpc) is 2.76. The number of pyridine rings is 1. The van der Waals surface area contributed by atoms with Gasteiger partial charge in [0.2, 0.25) is 5.89 Å². The van der Waals surface area contributed by atoms with Crippen LogP contribution in [-0.4, -0.2) is 24.1 Å². The molecule has 2 rings (SSSR count). The number of hydrogen-bond donors (Lipinski definition) is 0. The van der Waals surface area contributed by atoms with Crippen molar-refractivity contribution in [1.29, 1.82) is 0 Å². The van der Waals surface area contributed by atoms with Gasteiger partial charge in [-0.1, -0.05) is 18.5 Å². The first-order chi connectivity index (χ1) is 8.13. The van der Waals surface area contributed by atoms with Crippen LogP contribution in [0.2, 0.25) is 5.02 Å². The van der Waals surface area contributed by atoms with Crippen molar-refractivity contribution < 1.29 is 4.42 Å². The normalized spacial score (nSPS) is 10.6. The first-order valence-electron chi connectivity index (χ1n) is 5.39. The first kappa shape index (κ1) is 11.9. The SMILES string of the molecule is CCc1cnc(-c2cncc(Cl)c2N(C)C)o1. The molecule has 17 heavy (non-hydrogen) atoms. The predicted molar refractivity (Wildman–Crippen MR) is 68.4 cm³/mol. The van der Waals surface area contributed by atoms with Gasteiger partial charge in [-0.05, 0) is 0 Å². The Labute approximate surface area is 105 Å². The van der Waals surface area contributed by atoms with Crippen molar-refractivity contribution in [2.45, 2.75) is 13.3 Å². The van der Waals surface area contributed by atoms with Gasteiger partial charge in [0, 0.05) is 32.9 Å². The highest BCUT2D eigenvalue weighted by molar-refractivity contribution is 6.33. The zero-order chi connectivity index (χ0) is 12.4. The third kappa shape index (κ3) is 2.26. The zero-order valence-electron chi connectivity index (χ0n) is 10.1.